The Hall–Kier alpha value is -2.03. The van der Waals surface area contributed by atoms with E-state index in [-0.39, 0.29) is 10.6 Å². The zero-order valence-corrected chi connectivity index (χ0v) is 12.3. The molecule has 21 heavy (non-hydrogen) atoms. The van der Waals surface area contributed by atoms with Gasteiger partial charge in [0.25, 0.3) is 0 Å². The van der Waals surface area contributed by atoms with Crippen molar-refractivity contribution in [1.82, 2.24) is 0 Å². The number of halogens is 2. The lowest BCUT2D eigenvalue weighted by molar-refractivity contribution is 0.0697. The minimum Gasteiger partial charge on any atom is -0.478 e. The van der Waals surface area contributed by atoms with Gasteiger partial charge < -0.3 is 5.11 Å². The smallest absolute Gasteiger partial charge is 0.337 e. The molecule has 3 aromatic carbocycles. The third-order valence-electron chi connectivity index (χ3n) is 3.38. The highest BCUT2D eigenvalue weighted by Crippen LogP contribution is 2.34. The molecular weight excluding hydrogens is 307 g/mol. The molecule has 2 nitrogen and oxygen atoms in total. The first-order valence-electron chi connectivity index (χ1n) is 6.28. The summed E-state index contributed by atoms with van der Waals surface area (Å²) in [5, 5.41) is 12.0. The second kappa shape index (κ2) is 5.40. The molecule has 3 rings (SSSR count). The number of carboxylic acids is 1. The van der Waals surface area contributed by atoms with Gasteiger partial charge in [-0.05, 0) is 34.7 Å². The van der Waals surface area contributed by atoms with E-state index in [4.69, 9.17) is 23.2 Å². The van der Waals surface area contributed by atoms with Crippen molar-refractivity contribution in [3.05, 3.63) is 70.2 Å². The van der Waals surface area contributed by atoms with E-state index in [0.29, 0.717) is 5.02 Å². The van der Waals surface area contributed by atoms with Crippen LogP contribution in [0.4, 0.5) is 0 Å². The SMILES string of the molecule is O=C(O)c1cc(-c2ccc(Cl)c3ccccc23)ccc1Cl. The van der Waals surface area contributed by atoms with Gasteiger partial charge in [-0.3, -0.25) is 0 Å². The van der Waals surface area contributed by atoms with Gasteiger partial charge in [-0.1, -0.05) is 59.6 Å². The van der Waals surface area contributed by atoms with E-state index in [9.17, 15) is 9.90 Å². The van der Waals surface area contributed by atoms with Crippen LogP contribution in [0.2, 0.25) is 10.0 Å². The summed E-state index contributed by atoms with van der Waals surface area (Å²) < 4.78 is 0. The van der Waals surface area contributed by atoms with E-state index in [2.05, 4.69) is 0 Å². The predicted octanol–water partition coefficient (Wildman–Crippen LogP) is 5.51. The summed E-state index contributed by atoms with van der Waals surface area (Å²) in [6.45, 7) is 0. The van der Waals surface area contributed by atoms with Crippen molar-refractivity contribution in [2.24, 2.45) is 0 Å². The molecule has 0 saturated heterocycles. The first-order chi connectivity index (χ1) is 10.1. The molecule has 0 saturated carbocycles. The van der Waals surface area contributed by atoms with Crippen molar-refractivity contribution in [2.45, 2.75) is 0 Å². The molecule has 3 aromatic rings. The van der Waals surface area contributed by atoms with Crippen molar-refractivity contribution in [3.63, 3.8) is 0 Å². The number of benzene rings is 3. The van der Waals surface area contributed by atoms with Crippen LogP contribution >= 0.6 is 23.2 Å². The summed E-state index contributed by atoms with van der Waals surface area (Å²) >= 11 is 12.1. The summed E-state index contributed by atoms with van der Waals surface area (Å²) in [5.41, 5.74) is 1.81. The van der Waals surface area contributed by atoms with Crippen molar-refractivity contribution in [2.75, 3.05) is 0 Å². The van der Waals surface area contributed by atoms with Crippen LogP contribution in [-0.4, -0.2) is 11.1 Å². The van der Waals surface area contributed by atoms with E-state index >= 15 is 0 Å². The molecule has 0 aliphatic rings. The molecular formula is C17H10Cl2O2. The maximum absolute atomic E-state index is 11.2. The lowest BCUT2D eigenvalue weighted by Crippen LogP contribution is -1.97. The van der Waals surface area contributed by atoms with Gasteiger partial charge in [-0.15, -0.1) is 0 Å². The van der Waals surface area contributed by atoms with Crippen LogP contribution in [0.5, 0.6) is 0 Å². The fourth-order valence-electron chi connectivity index (χ4n) is 2.37. The monoisotopic (exact) mass is 316 g/mol. The number of carboxylic acid groups (broad SMARTS) is 1. The van der Waals surface area contributed by atoms with Crippen molar-refractivity contribution < 1.29 is 9.90 Å². The standard InChI is InChI=1S/C17H10Cl2O2/c18-15-8-6-11(12-3-1-2-4-13(12)15)10-5-7-16(19)14(9-10)17(20)21/h1-9H,(H,20,21). The summed E-state index contributed by atoms with van der Waals surface area (Å²) in [4.78, 5) is 11.2. The van der Waals surface area contributed by atoms with Crippen LogP contribution in [0, 0.1) is 0 Å². The summed E-state index contributed by atoms with van der Waals surface area (Å²) in [5.74, 6) is -1.04. The van der Waals surface area contributed by atoms with Gasteiger partial charge in [-0.25, -0.2) is 4.79 Å². The zero-order valence-electron chi connectivity index (χ0n) is 10.8. The topological polar surface area (TPSA) is 37.3 Å². The largest absolute Gasteiger partial charge is 0.478 e. The molecule has 0 heterocycles. The minimum absolute atomic E-state index is 0.0909. The summed E-state index contributed by atoms with van der Waals surface area (Å²) in [6.07, 6.45) is 0. The van der Waals surface area contributed by atoms with Gasteiger partial charge in [0.1, 0.15) is 0 Å². The van der Waals surface area contributed by atoms with Crippen molar-refractivity contribution in [3.8, 4) is 11.1 Å². The molecule has 0 aliphatic carbocycles. The van der Waals surface area contributed by atoms with Gasteiger partial charge in [0.05, 0.1) is 10.6 Å². The number of carbonyl (C=O) groups is 1. The average Bonchev–Trinajstić information content (AvgIpc) is 2.48. The van der Waals surface area contributed by atoms with Crippen molar-refractivity contribution in [1.29, 1.82) is 0 Å². The highest BCUT2D eigenvalue weighted by Gasteiger charge is 2.12. The molecule has 0 fully saturated rings. The maximum atomic E-state index is 11.2. The zero-order chi connectivity index (χ0) is 15.0. The Kier molecular flexibility index (Phi) is 3.58. The van der Waals surface area contributed by atoms with E-state index in [1.165, 1.54) is 0 Å². The Bertz CT molecular complexity index is 857. The highest BCUT2D eigenvalue weighted by molar-refractivity contribution is 6.36. The quantitative estimate of drug-likeness (QED) is 0.676. The van der Waals surface area contributed by atoms with Crippen LogP contribution in [0.25, 0.3) is 21.9 Å². The normalized spacial score (nSPS) is 10.8. The Morgan fingerprint density at radius 1 is 0.857 bits per heavy atom. The Morgan fingerprint density at radius 3 is 2.24 bits per heavy atom. The molecule has 1 N–H and O–H groups in total. The van der Waals surface area contributed by atoms with Crippen LogP contribution < -0.4 is 0 Å². The lowest BCUT2D eigenvalue weighted by Gasteiger charge is -2.10. The number of aromatic carboxylic acids is 1. The fourth-order valence-corrected chi connectivity index (χ4v) is 2.80. The van der Waals surface area contributed by atoms with Crippen LogP contribution in [-0.2, 0) is 0 Å². The Balaban J connectivity index is 2.29. The molecule has 0 aliphatic heterocycles. The second-order valence-electron chi connectivity index (χ2n) is 4.64. The molecule has 4 heteroatoms. The number of hydrogen-bond acceptors (Lipinski definition) is 1. The Labute approximate surface area is 131 Å². The molecule has 0 atom stereocenters. The fraction of sp³-hybridized carbons (Fsp3) is 0. The maximum Gasteiger partial charge on any atom is 0.337 e. The second-order valence-corrected chi connectivity index (χ2v) is 5.45. The van der Waals surface area contributed by atoms with E-state index < -0.39 is 5.97 Å². The van der Waals surface area contributed by atoms with Gasteiger partial charge in [0.2, 0.25) is 0 Å². The molecule has 0 radical (unpaired) electrons. The third-order valence-corrected chi connectivity index (χ3v) is 4.04. The molecule has 0 bridgehead atoms. The molecule has 0 amide bonds. The average molecular weight is 317 g/mol. The minimum atomic E-state index is -1.04. The number of hydrogen-bond donors (Lipinski definition) is 1. The van der Waals surface area contributed by atoms with Gasteiger partial charge in [-0.2, -0.15) is 0 Å². The Morgan fingerprint density at radius 2 is 1.52 bits per heavy atom. The molecule has 0 unspecified atom stereocenters. The molecule has 104 valence electrons. The first kappa shape index (κ1) is 13.9. The van der Waals surface area contributed by atoms with Gasteiger partial charge >= 0.3 is 5.97 Å². The third kappa shape index (κ3) is 2.48. The van der Waals surface area contributed by atoms with Gasteiger partial charge in [0.15, 0.2) is 0 Å². The predicted molar refractivity (Wildman–Crippen MR) is 86.4 cm³/mol. The molecule has 0 spiro atoms. The number of fused-ring (bicyclic) bond motifs is 1. The number of rotatable bonds is 2. The van der Waals surface area contributed by atoms with Crippen LogP contribution in [0.3, 0.4) is 0 Å². The van der Waals surface area contributed by atoms with E-state index in [1.54, 1.807) is 12.1 Å². The first-order valence-corrected chi connectivity index (χ1v) is 7.04. The molecule has 0 aromatic heterocycles. The lowest BCUT2D eigenvalue weighted by atomic mass is 9.97. The van der Waals surface area contributed by atoms with Crippen LogP contribution in [0.15, 0.2) is 54.6 Å². The van der Waals surface area contributed by atoms with Crippen molar-refractivity contribution >= 4 is 39.9 Å². The van der Waals surface area contributed by atoms with E-state index in [1.807, 2.05) is 42.5 Å². The van der Waals surface area contributed by atoms with E-state index in [0.717, 1.165) is 21.9 Å². The van der Waals surface area contributed by atoms with Crippen LogP contribution in [0.1, 0.15) is 10.4 Å². The summed E-state index contributed by atoms with van der Waals surface area (Å²) in [7, 11) is 0. The van der Waals surface area contributed by atoms with Gasteiger partial charge in [0, 0.05) is 10.4 Å². The summed E-state index contributed by atoms with van der Waals surface area (Å²) in [6, 6.07) is 16.4. The highest BCUT2D eigenvalue weighted by atomic mass is 35.5.